The van der Waals surface area contributed by atoms with Crippen LogP contribution in [0.3, 0.4) is 0 Å². The van der Waals surface area contributed by atoms with Crippen LogP contribution in [0.25, 0.3) is 0 Å². The molecule has 1 amide bonds. The highest BCUT2D eigenvalue weighted by Crippen LogP contribution is 2.21. The van der Waals surface area contributed by atoms with Gasteiger partial charge >= 0.3 is 0 Å². The molecule has 0 aliphatic rings. The number of aromatic nitrogens is 1. The van der Waals surface area contributed by atoms with Crippen LogP contribution in [0.15, 0.2) is 18.3 Å². The molecule has 18 heavy (non-hydrogen) atoms. The first-order valence-electron chi connectivity index (χ1n) is 4.95. The molecule has 94 valence electrons. The van der Waals surface area contributed by atoms with Gasteiger partial charge in [-0.15, -0.1) is 11.3 Å². The zero-order valence-electron chi connectivity index (χ0n) is 9.33. The molecule has 4 nitrogen and oxygen atoms in total. The van der Waals surface area contributed by atoms with Crippen LogP contribution in [-0.2, 0) is 0 Å². The van der Waals surface area contributed by atoms with E-state index in [9.17, 15) is 13.6 Å². The Morgan fingerprint density at radius 2 is 2.06 bits per heavy atom. The van der Waals surface area contributed by atoms with Crippen LogP contribution in [-0.4, -0.2) is 10.9 Å². The highest BCUT2D eigenvalue weighted by atomic mass is 32.1. The molecule has 0 aliphatic heterocycles. The number of hydrogen-bond acceptors (Lipinski definition) is 4. The molecule has 2 aromatic rings. The van der Waals surface area contributed by atoms with Gasteiger partial charge in [-0.25, -0.2) is 13.8 Å². The number of hydrogen-bond donors (Lipinski definition) is 2. The zero-order valence-corrected chi connectivity index (χ0v) is 10.1. The van der Waals surface area contributed by atoms with Crippen molar-refractivity contribution in [1.29, 1.82) is 0 Å². The molecule has 0 radical (unpaired) electrons. The van der Waals surface area contributed by atoms with Gasteiger partial charge in [0.05, 0.1) is 5.56 Å². The normalized spacial score (nSPS) is 10.4. The minimum absolute atomic E-state index is 0.123. The van der Waals surface area contributed by atoms with Crippen molar-refractivity contribution < 1.29 is 13.6 Å². The molecule has 0 fully saturated rings. The SMILES string of the molecule is Cc1cnc(NC(=O)c2cc(F)c(F)cc2N)s1. The summed E-state index contributed by atoms with van der Waals surface area (Å²) in [5.41, 5.74) is 5.22. The molecule has 0 atom stereocenters. The monoisotopic (exact) mass is 269 g/mol. The van der Waals surface area contributed by atoms with E-state index in [2.05, 4.69) is 10.3 Å². The molecule has 0 unspecified atom stereocenters. The number of carbonyl (C=O) groups is 1. The van der Waals surface area contributed by atoms with Gasteiger partial charge in [-0.05, 0) is 13.0 Å². The van der Waals surface area contributed by atoms with Crippen molar-refractivity contribution in [2.45, 2.75) is 6.92 Å². The summed E-state index contributed by atoms with van der Waals surface area (Å²) in [6, 6.07) is 1.54. The Hall–Kier alpha value is -2.02. The second-order valence-corrected chi connectivity index (χ2v) is 4.82. The number of nitrogens with two attached hydrogens (primary N) is 1. The van der Waals surface area contributed by atoms with E-state index in [1.165, 1.54) is 11.3 Å². The quantitative estimate of drug-likeness (QED) is 0.823. The molecule has 0 saturated carbocycles. The molecule has 1 heterocycles. The number of carbonyl (C=O) groups excluding carboxylic acids is 1. The Labute approximate surface area is 105 Å². The third kappa shape index (κ3) is 2.45. The maximum Gasteiger partial charge on any atom is 0.259 e. The first-order valence-corrected chi connectivity index (χ1v) is 5.77. The van der Waals surface area contributed by atoms with Gasteiger partial charge in [-0.3, -0.25) is 10.1 Å². The van der Waals surface area contributed by atoms with E-state index in [4.69, 9.17) is 5.73 Å². The molecule has 1 aromatic heterocycles. The maximum atomic E-state index is 13.0. The molecule has 7 heteroatoms. The van der Waals surface area contributed by atoms with Crippen LogP contribution in [0.2, 0.25) is 0 Å². The number of thiazole rings is 1. The first kappa shape index (κ1) is 12.4. The van der Waals surface area contributed by atoms with Crippen molar-refractivity contribution in [2.75, 3.05) is 11.1 Å². The lowest BCUT2D eigenvalue weighted by molar-refractivity contribution is 0.102. The largest absolute Gasteiger partial charge is 0.398 e. The van der Waals surface area contributed by atoms with Crippen molar-refractivity contribution in [3.8, 4) is 0 Å². The lowest BCUT2D eigenvalue weighted by Gasteiger charge is -2.05. The second-order valence-electron chi connectivity index (χ2n) is 3.58. The van der Waals surface area contributed by atoms with E-state index in [0.717, 1.165) is 17.0 Å². The van der Waals surface area contributed by atoms with E-state index >= 15 is 0 Å². The van der Waals surface area contributed by atoms with Gasteiger partial charge in [0.25, 0.3) is 5.91 Å². The second kappa shape index (κ2) is 4.69. The summed E-state index contributed by atoms with van der Waals surface area (Å²) < 4.78 is 25.9. The predicted octanol–water partition coefficient (Wildman–Crippen LogP) is 2.56. The topological polar surface area (TPSA) is 68.0 Å². The standard InChI is InChI=1S/C11H9F2N3OS/c1-5-4-15-11(18-5)16-10(17)6-2-7(12)8(13)3-9(6)14/h2-4H,14H2,1H3,(H,15,16,17). The lowest BCUT2D eigenvalue weighted by Crippen LogP contribution is -2.14. The third-order valence-electron chi connectivity index (χ3n) is 2.18. The smallest absolute Gasteiger partial charge is 0.259 e. The molecule has 1 aromatic carbocycles. The van der Waals surface area contributed by atoms with Gasteiger partial charge in [-0.1, -0.05) is 0 Å². The highest BCUT2D eigenvalue weighted by molar-refractivity contribution is 7.15. The first-order chi connectivity index (χ1) is 8.47. The zero-order chi connectivity index (χ0) is 13.3. The van der Waals surface area contributed by atoms with Gasteiger partial charge in [0.15, 0.2) is 16.8 Å². The Kier molecular flexibility index (Phi) is 3.24. The molecule has 0 saturated heterocycles. The van der Waals surface area contributed by atoms with Gasteiger partial charge in [-0.2, -0.15) is 0 Å². The van der Waals surface area contributed by atoms with Gasteiger partial charge in [0.1, 0.15) is 0 Å². The fourth-order valence-corrected chi connectivity index (χ4v) is 2.00. The van der Waals surface area contributed by atoms with Crippen molar-refractivity contribution >= 4 is 28.1 Å². The number of nitrogens with one attached hydrogen (secondary N) is 1. The number of rotatable bonds is 2. The highest BCUT2D eigenvalue weighted by Gasteiger charge is 2.15. The number of nitrogen functional groups attached to an aromatic ring is 1. The fraction of sp³-hybridized carbons (Fsp3) is 0.0909. The van der Waals surface area contributed by atoms with Gasteiger partial charge in [0.2, 0.25) is 0 Å². The summed E-state index contributed by atoms with van der Waals surface area (Å²) in [5, 5.41) is 2.84. The minimum atomic E-state index is -1.12. The summed E-state index contributed by atoms with van der Waals surface area (Å²) in [6.07, 6.45) is 1.59. The Morgan fingerprint density at radius 1 is 1.39 bits per heavy atom. The number of anilines is 2. The van der Waals surface area contributed by atoms with Gasteiger partial charge in [0, 0.05) is 22.8 Å². The van der Waals surface area contributed by atoms with Crippen LogP contribution in [0.1, 0.15) is 15.2 Å². The fourth-order valence-electron chi connectivity index (χ4n) is 1.34. The summed E-state index contributed by atoms with van der Waals surface area (Å²) >= 11 is 1.27. The Bertz CT molecular complexity index is 612. The molecule has 0 bridgehead atoms. The molecule has 0 spiro atoms. The molecular weight excluding hydrogens is 260 g/mol. The predicted molar refractivity (Wildman–Crippen MR) is 65.6 cm³/mol. The van der Waals surface area contributed by atoms with Crippen molar-refractivity contribution in [3.05, 3.63) is 40.4 Å². The van der Waals surface area contributed by atoms with E-state index in [0.29, 0.717) is 5.13 Å². The van der Waals surface area contributed by atoms with E-state index in [-0.39, 0.29) is 11.3 Å². The van der Waals surface area contributed by atoms with Crippen molar-refractivity contribution in [2.24, 2.45) is 0 Å². The Morgan fingerprint density at radius 3 is 2.67 bits per heavy atom. The van der Waals surface area contributed by atoms with E-state index in [1.807, 2.05) is 6.92 Å². The third-order valence-corrected chi connectivity index (χ3v) is 3.01. The summed E-state index contributed by atoms with van der Waals surface area (Å²) in [5.74, 6) is -2.83. The van der Waals surface area contributed by atoms with Crippen molar-refractivity contribution in [3.63, 3.8) is 0 Å². The molecule has 2 rings (SSSR count). The molecule has 3 N–H and O–H groups in total. The number of aryl methyl sites for hydroxylation is 1. The lowest BCUT2D eigenvalue weighted by atomic mass is 10.1. The van der Waals surface area contributed by atoms with E-state index < -0.39 is 17.5 Å². The van der Waals surface area contributed by atoms with Crippen LogP contribution >= 0.6 is 11.3 Å². The average molecular weight is 269 g/mol. The Balaban J connectivity index is 2.26. The van der Waals surface area contributed by atoms with Crippen molar-refractivity contribution in [1.82, 2.24) is 4.98 Å². The number of benzene rings is 1. The minimum Gasteiger partial charge on any atom is -0.398 e. The maximum absolute atomic E-state index is 13.0. The summed E-state index contributed by atoms with van der Waals surface area (Å²) in [4.78, 5) is 16.6. The number of halogens is 2. The molecule has 0 aliphatic carbocycles. The number of amides is 1. The summed E-state index contributed by atoms with van der Waals surface area (Å²) in [7, 11) is 0. The van der Waals surface area contributed by atoms with E-state index in [1.54, 1.807) is 6.20 Å². The average Bonchev–Trinajstić information content (AvgIpc) is 2.69. The number of nitrogens with zero attached hydrogens (tertiary/aromatic N) is 1. The van der Waals surface area contributed by atoms with Crippen LogP contribution in [0.5, 0.6) is 0 Å². The molecular formula is C11H9F2N3OS. The van der Waals surface area contributed by atoms with Crippen LogP contribution in [0.4, 0.5) is 19.6 Å². The van der Waals surface area contributed by atoms with Crippen LogP contribution in [0, 0.1) is 18.6 Å². The summed E-state index contributed by atoms with van der Waals surface area (Å²) in [6.45, 7) is 1.83. The van der Waals surface area contributed by atoms with Crippen LogP contribution < -0.4 is 11.1 Å². The van der Waals surface area contributed by atoms with Gasteiger partial charge < -0.3 is 5.73 Å².